The fraction of sp³-hybridized carbons (Fsp3) is 0.706. The van der Waals surface area contributed by atoms with Gasteiger partial charge in [0.2, 0.25) is 11.8 Å². The highest BCUT2D eigenvalue weighted by molar-refractivity contribution is 5.89. The summed E-state index contributed by atoms with van der Waals surface area (Å²) in [6.45, 7) is 3.06. The van der Waals surface area contributed by atoms with Crippen LogP contribution in [0.4, 0.5) is 0 Å². The van der Waals surface area contributed by atoms with Crippen LogP contribution in [0.2, 0.25) is 0 Å². The highest BCUT2D eigenvalue weighted by Gasteiger charge is 2.37. The summed E-state index contributed by atoms with van der Waals surface area (Å²) in [4.78, 5) is 27.0. The lowest BCUT2D eigenvalue weighted by molar-refractivity contribution is -0.142. The predicted octanol–water partition coefficient (Wildman–Crippen LogP) is 1.91. The fourth-order valence-corrected chi connectivity index (χ4v) is 3.75. The van der Waals surface area contributed by atoms with E-state index in [9.17, 15) is 9.59 Å². The van der Waals surface area contributed by atoms with Crippen molar-refractivity contribution in [1.29, 1.82) is 0 Å². The number of aromatic nitrogens is 2. The van der Waals surface area contributed by atoms with Gasteiger partial charge in [-0.1, -0.05) is 19.3 Å². The van der Waals surface area contributed by atoms with E-state index < -0.39 is 0 Å². The number of nitrogens with one attached hydrogen (secondary N) is 2. The van der Waals surface area contributed by atoms with E-state index >= 15 is 0 Å². The van der Waals surface area contributed by atoms with Crippen molar-refractivity contribution in [1.82, 2.24) is 20.4 Å². The van der Waals surface area contributed by atoms with E-state index in [4.69, 9.17) is 0 Å². The first-order valence-corrected chi connectivity index (χ1v) is 8.74. The minimum Gasteiger partial charge on any atom is -0.349 e. The molecule has 1 unspecified atom stereocenters. The molecule has 126 valence electrons. The second kappa shape index (κ2) is 7.15. The molecule has 1 atom stereocenters. The van der Waals surface area contributed by atoms with Gasteiger partial charge in [-0.25, -0.2) is 0 Å². The van der Waals surface area contributed by atoms with E-state index in [1.807, 2.05) is 17.9 Å². The molecular weight excluding hydrogens is 292 g/mol. The summed E-state index contributed by atoms with van der Waals surface area (Å²) in [7, 11) is 0. The summed E-state index contributed by atoms with van der Waals surface area (Å²) in [6.07, 6.45) is 7.16. The van der Waals surface area contributed by atoms with Gasteiger partial charge in [-0.15, -0.1) is 0 Å². The summed E-state index contributed by atoms with van der Waals surface area (Å²) < 4.78 is 0. The second-order valence-electron chi connectivity index (χ2n) is 6.78. The average Bonchev–Trinajstić information content (AvgIpc) is 3.21. The molecule has 1 aromatic rings. The smallest absolute Gasteiger partial charge is 0.243 e. The van der Waals surface area contributed by atoms with Crippen LogP contribution in [0.5, 0.6) is 0 Å². The Morgan fingerprint density at radius 2 is 2.04 bits per heavy atom. The molecule has 2 heterocycles. The maximum Gasteiger partial charge on any atom is 0.243 e. The molecule has 2 amide bonds. The molecule has 1 aromatic heterocycles. The molecule has 1 saturated heterocycles. The van der Waals surface area contributed by atoms with Crippen molar-refractivity contribution < 1.29 is 9.59 Å². The van der Waals surface area contributed by atoms with Crippen LogP contribution in [0, 0.1) is 12.8 Å². The van der Waals surface area contributed by atoms with Gasteiger partial charge in [-0.05, 0) is 38.7 Å². The minimum atomic E-state index is -0.301. The van der Waals surface area contributed by atoms with Crippen molar-refractivity contribution in [3.63, 3.8) is 0 Å². The third-order valence-electron chi connectivity index (χ3n) is 5.00. The van der Waals surface area contributed by atoms with Crippen molar-refractivity contribution in [3.05, 3.63) is 17.5 Å². The van der Waals surface area contributed by atoms with Crippen LogP contribution in [0.15, 0.2) is 6.07 Å². The third kappa shape index (κ3) is 3.74. The zero-order chi connectivity index (χ0) is 16.2. The van der Waals surface area contributed by atoms with E-state index in [-0.39, 0.29) is 23.8 Å². The number of aryl methyl sites for hydroxylation is 1. The summed E-state index contributed by atoms with van der Waals surface area (Å²) in [6, 6.07) is 1.62. The van der Waals surface area contributed by atoms with Crippen molar-refractivity contribution in [3.8, 4) is 0 Å². The number of likely N-dealkylation sites (tertiary alicyclic amines) is 1. The van der Waals surface area contributed by atoms with E-state index in [1.54, 1.807) is 0 Å². The average molecular weight is 318 g/mol. The van der Waals surface area contributed by atoms with E-state index in [0.717, 1.165) is 56.5 Å². The van der Waals surface area contributed by atoms with Crippen LogP contribution in [0.1, 0.15) is 56.3 Å². The first kappa shape index (κ1) is 16.0. The number of nitrogens with zero attached hydrogens (tertiary/aromatic N) is 2. The maximum absolute atomic E-state index is 12.7. The lowest BCUT2D eigenvalue weighted by Crippen LogP contribution is -2.48. The first-order chi connectivity index (χ1) is 11.1. The normalized spacial score (nSPS) is 22.3. The Morgan fingerprint density at radius 1 is 1.26 bits per heavy atom. The molecule has 3 rings (SSSR count). The Labute approximate surface area is 137 Å². The number of rotatable bonds is 4. The predicted molar refractivity (Wildman–Crippen MR) is 86.5 cm³/mol. The number of hydrogen-bond donors (Lipinski definition) is 2. The van der Waals surface area contributed by atoms with E-state index in [2.05, 4.69) is 15.5 Å². The Morgan fingerprint density at radius 3 is 2.74 bits per heavy atom. The van der Waals surface area contributed by atoms with Gasteiger partial charge in [-0.3, -0.25) is 14.7 Å². The third-order valence-corrected chi connectivity index (χ3v) is 5.00. The topological polar surface area (TPSA) is 78.1 Å². The molecular formula is C17H26N4O2. The first-order valence-electron chi connectivity index (χ1n) is 8.74. The Kier molecular flexibility index (Phi) is 4.98. The zero-order valence-electron chi connectivity index (χ0n) is 13.8. The standard InChI is InChI=1S/C17H26N4O2/c1-12-10-14(20-19-12)11-18-16(22)15-8-5-9-21(15)17(23)13-6-3-2-4-7-13/h10,13,15H,2-9,11H2,1H3,(H,18,22)(H,19,20). The molecule has 23 heavy (non-hydrogen) atoms. The minimum absolute atomic E-state index is 0.0488. The number of amides is 2. The number of carbonyl (C=O) groups is 2. The van der Waals surface area contributed by atoms with Crippen LogP contribution in [0.3, 0.4) is 0 Å². The zero-order valence-corrected chi connectivity index (χ0v) is 13.8. The van der Waals surface area contributed by atoms with Gasteiger partial charge in [0.15, 0.2) is 0 Å². The molecule has 2 N–H and O–H groups in total. The quantitative estimate of drug-likeness (QED) is 0.890. The summed E-state index contributed by atoms with van der Waals surface area (Å²) >= 11 is 0. The van der Waals surface area contributed by atoms with Crippen molar-refractivity contribution in [2.75, 3.05) is 6.54 Å². The summed E-state index contributed by atoms with van der Waals surface area (Å²) in [5.74, 6) is 0.274. The molecule has 1 saturated carbocycles. The van der Waals surface area contributed by atoms with Crippen LogP contribution in [-0.2, 0) is 16.1 Å². The molecule has 2 fully saturated rings. The van der Waals surface area contributed by atoms with Crippen molar-refractivity contribution in [2.24, 2.45) is 5.92 Å². The Balaban J connectivity index is 1.56. The highest BCUT2D eigenvalue weighted by Crippen LogP contribution is 2.28. The summed E-state index contributed by atoms with van der Waals surface area (Å²) in [5, 5.41) is 9.91. The molecule has 1 aliphatic carbocycles. The van der Waals surface area contributed by atoms with E-state index in [1.165, 1.54) is 6.42 Å². The SMILES string of the molecule is Cc1cc(CNC(=O)C2CCCN2C(=O)C2CCCCC2)n[nH]1. The van der Waals surface area contributed by atoms with E-state index in [0.29, 0.717) is 6.54 Å². The van der Waals surface area contributed by atoms with Gasteiger partial charge in [0, 0.05) is 18.2 Å². The lowest BCUT2D eigenvalue weighted by atomic mass is 9.88. The fourth-order valence-electron chi connectivity index (χ4n) is 3.75. The van der Waals surface area contributed by atoms with Crippen LogP contribution >= 0.6 is 0 Å². The molecule has 0 radical (unpaired) electrons. The Hall–Kier alpha value is -1.85. The van der Waals surface area contributed by atoms with Gasteiger partial charge < -0.3 is 10.2 Å². The molecule has 6 heteroatoms. The van der Waals surface area contributed by atoms with Gasteiger partial charge in [0.1, 0.15) is 6.04 Å². The highest BCUT2D eigenvalue weighted by atomic mass is 16.2. The number of aromatic amines is 1. The van der Waals surface area contributed by atoms with Gasteiger partial charge in [0.25, 0.3) is 0 Å². The number of H-pyrrole nitrogens is 1. The van der Waals surface area contributed by atoms with Crippen molar-refractivity contribution in [2.45, 2.75) is 64.5 Å². The molecule has 0 aromatic carbocycles. The van der Waals surface area contributed by atoms with Gasteiger partial charge in [-0.2, -0.15) is 5.10 Å². The number of hydrogen-bond acceptors (Lipinski definition) is 3. The Bertz CT molecular complexity index is 563. The van der Waals surface area contributed by atoms with Crippen LogP contribution in [0.25, 0.3) is 0 Å². The molecule has 0 spiro atoms. The van der Waals surface area contributed by atoms with Gasteiger partial charge in [0.05, 0.1) is 12.2 Å². The summed E-state index contributed by atoms with van der Waals surface area (Å²) in [5.41, 5.74) is 1.79. The molecule has 1 aliphatic heterocycles. The van der Waals surface area contributed by atoms with Crippen molar-refractivity contribution >= 4 is 11.8 Å². The van der Waals surface area contributed by atoms with Crippen LogP contribution in [-0.4, -0.2) is 39.5 Å². The second-order valence-corrected chi connectivity index (χ2v) is 6.78. The van der Waals surface area contributed by atoms with Crippen LogP contribution < -0.4 is 5.32 Å². The molecule has 2 aliphatic rings. The molecule has 6 nitrogen and oxygen atoms in total. The lowest BCUT2D eigenvalue weighted by Gasteiger charge is -2.30. The largest absolute Gasteiger partial charge is 0.349 e. The van der Waals surface area contributed by atoms with Gasteiger partial charge >= 0.3 is 0 Å². The monoisotopic (exact) mass is 318 g/mol. The maximum atomic E-state index is 12.7. The molecule has 0 bridgehead atoms. The number of carbonyl (C=O) groups excluding carboxylic acids is 2.